The molecule has 1 aromatic heterocycles. The molecule has 1 fully saturated rings. The van der Waals surface area contributed by atoms with Crippen molar-refractivity contribution in [3.63, 3.8) is 0 Å². The van der Waals surface area contributed by atoms with E-state index < -0.39 is 0 Å². The zero-order chi connectivity index (χ0) is 11.9. The Morgan fingerprint density at radius 2 is 2.24 bits per heavy atom. The van der Waals surface area contributed by atoms with Crippen molar-refractivity contribution in [2.45, 2.75) is 19.3 Å². The molecule has 0 aromatic carbocycles. The van der Waals surface area contributed by atoms with Crippen LogP contribution in [-0.4, -0.2) is 41.0 Å². The van der Waals surface area contributed by atoms with Crippen LogP contribution in [0.25, 0.3) is 0 Å². The highest BCUT2D eigenvalue weighted by Gasteiger charge is 2.10. The molecule has 0 radical (unpaired) electrons. The number of hydrogen-bond acceptors (Lipinski definition) is 5. The first kappa shape index (κ1) is 11.8. The summed E-state index contributed by atoms with van der Waals surface area (Å²) in [7, 11) is 0. The maximum atomic E-state index is 8.70. The number of nitrogens with one attached hydrogen (secondary N) is 1. The number of anilines is 1. The molecule has 1 aliphatic rings. The second-order valence-electron chi connectivity index (χ2n) is 4.21. The van der Waals surface area contributed by atoms with Crippen molar-refractivity contribution in [3.05, 3.63) is 18.0 Å². The molecule has 0 unspecified atom stereocenters. The van der Waals surface area contributed by atoms with E-state index in [0.717, 1.165) is 19.5 Å². The molecule has 5 heteroatoms. The molecule has 1 aromatic rings. The van der Waals surface area contributed by atoms with Gasteiger partial charge in [-0.1, -0.05) is 0 Å². The summed E-state index contributed by atoms with van der Waals surface area (Å²) in [6.45, 7) is 4.46. The van der Waals surface area contributed by atoms with E-state index in [4.69, 9.17) is 5.26 Å². The van der Waals surface area contributed by atoms with Gasteiger partial charge in [-0.15, -0.1) is 0 Å². The van der Waals surface area contributed by atoms with E-state index in [0.29, 0.717) is 11.6 Å². The van der Waals surface area contributed by atoms with Crippen LogP contribution in [0.2, 0.25) is 0 Å². The van der Waals surface area contributed by atoms with Crippen molar-refractivity contribution in [3.8, 4) is 6.07 Å². The highest BCUT2D eigenvalue weighted by molar-refractivity contribution is 5.29. The zero-order valence-electron chi connectivity index (χ0n) is 9.89. The van der Waals surface area contributed by atoms with Crippen LogP contribution < -0.4 is 5.32 Å². The Morgan fingerprint density at radius 3 is 3.00 bits per heavy atom. The Kier molecular flexibility index (Phi) is 4.28. The van der Waals surface area contributed by atoms with Crippen molar-refractivity contribution in [1.82, 2.24) is 14.9 Å². The van der Waals surface area contributed by atoms with E-state index in [-0.39, 0.29) is 0 Å². The van der Waals surface area contributed by atoms with Gasteiger partial charge >= 0.3 is 0 Å². The molecule has 17 heavy (non-hydrogen) atoms. The lowest BCUT2D eigenvalue weighted by molar-refractivity contribution is 0.337. The third-order valence-electron chi connectivity index (χ3n) is 2.90. The fraction of sp³-hybridized carbons (Fsp3) is 0.583. The zero-order valence-corrected chi connectivity index (χ0v) is 9.89. The SMILES string of the molecule is N#Cc1ccnc(NCCCN2CCCC2)n1. The summed E-state index contributed by atoms with van der Waals surface area (Å²) in [5, 5.41) is 11.8. The summed E-state index contributed by atoms with van der Waals surface area (Å²) in [4.78, 5) is 10.6. The number of likely N-dealkylation sites (tertiary alicyclic amines) is 1. The Labute approximate surface area is 101 Å². The molecule has 5 nitrogen and oxygen atoms in total. The Balaban J connectivity index is 1.68. The topological polar surface area (TPSA) is 64.8 Å². The van der Waals surface area contributed by atoms with Crippen molar-refractivity contribution < 1.29 is 0 Å². The van der Waals surface area contributed by atoms with Crippen molar-refractivity contribution in [2.24, 2.45) is 0 Å². The van der Waals surface area contributed by atoms with Crippen LogP contribution in [0.15, 0.2) is 12.3 Å². The number of aromatic nitrogens is 2. The normalized spacial score (nSPS) is 15.7. The first-order valence-electron chi connectivity index (χ1n) is 6.08. The minimum atomic E-state index is 0.405. The molecule has 90 valence electrons. The van der Waals surface area contributed by atoms with Gasteiger partial charge in [-0.05, 0) is 45.0 Å². The van der Waals surface area contributed by atoms with Gasteiger partial charge in [0, 0.05) is 12.7 Å². The lowest BCUT2D eigenvalue weighted by atomic mass is 10.4. The first-order chi connectivity index (χ1) is 8.38. The summed E-state index contributed by atoms with van der Waals surface area (Å²) in [6, 6.07) is 3.61. The Morgan fingerprint density at radius 1 is 1.41 bits per heavy atom. The number of rotatable bonds is 5. The second-order valence-corrected chi connectivity index (χ2v) is 4.21. The first-order valence-corrected chi connectivity index (χ1v) is 6.08. The van der Waals surface area contributed by atoms with Crippen LogP contribution in [0.1, 0.15) is 25.0 Å². The Hall–Kier alpha value is -1.67. The van der Waals surface area contributed by atoms with E-state index in [2.05, 4.69) is 20.2 Å². The summed E-state index contributed by atoms with van der Waals surface area (Å²) >= 11 is 0. The molecule has 0 bridgehead atoms. The molecule has 0 saturated carbocycles. The number of hydrogen-bond donors (Lipinski definition) is 1. The fourth-order valence-electron chi connectivity index (χ4n) is 2.02. The van der Waals surface area contributed by atoms with Crippen molar-refractivity contribution in [1.29, 1.82) is 5.26 Å². The van der Waals surface area contributed by atoms with Gasteiger partial charge < -0.3 is 10.2 Å². The fourth-order valence-corrected chi connectivity index (χ4v) is 2.02. The monoisotopic (exact) mass is 231 g/mol. The smallest absolute Gasteiger partial charge is 0.223 e. The molecule has 2 rings (SSSR count). The highest BCUT2D eigenvalue weighted by atomic mass is 15.1. The van der Waals surface area contributed by atoms with Gasteiger partial charge in [0.1, 0.15) is 11.8 Å². The highest BCUT2D eigenvalue weighted by Crippen LogP contribution is 2.07. The van der Waals surface area contributed by atoms with Gasteiger partial charge in [-0.3, -0.25) is 0 Å². The van der Waals surface area contributed by atoms with E-state index in [1.165, 1.54) is 25.9 Å². The second kappa shape index (κ2) is 6.16. The van der Waals surface area contributed by atoms with E-state index >= 15 is 0 Å². The molecule has 0 atom stereocenters. The lowest BCUT2D eigenvalue weighted by Crippen LogP contribution is -2.22. The van der Waals surface area contributed by atoms with Gasteiger partial charge in [0.2, 0.25) is 5.95 Å². The molecule has 0 amide bonds. The molecule has 2 heterocycles. The lowest BCUT2D eigenvalue weighted by Gasteiger charge is -2.14. The summed E-state index contributed by atoms with van der Waals surface area (Å²) in [5.41, 5.74) is 0.405. The average molecular weight is 231 g/mol. The van der Waals surface area contributed by atoms with Gasteiger partial charge in [0.05, 0.1) is 0 Å². The van der Waals surface area contributed by atoms with Crippen LogP contribution in [0.4, 0.5) is 5.95 Å². The molecule has 1 N–H and O–H groups in total. The van der Waals surface area contributed by atoms with Crippen LogP contribution in [0, 0.1) is 11.3 Å². The predicted molar refractivity (Wildman–Crippen MR) is 65.5 cm³/mol. The van der Waals surface area contributed by atoms with Crippen molar-refractivity contribution in [2.75, 3.05) is 31.5 Å². The molecule has 0 aliphatic carbocycles. The predicted octanol–water partition coefficient (Wildman–Crippen LogP) is 1.25. The standard InChI is InChI=1S/C12H17N5/c13-10-11-4-6-15-12(16-11)14-5-3-9-17-7-1-2-8-17/h4,6H,1-3,5,7-9H2,(H,14,15,16). The minimum absolute atomic E-state index is 0.405. The number of nitrogens with zero attached hydrogens (tertiary/aromatic N) is 4. The van der Waals surface area contributed by atoms with Gasteiger partial charge in [0.25, 0.3) is 0 Å². The van der Waals surface area contributed by atoms with E-state index in [9.17, 15) is 0 Å². The largest absolute Gasteiger partial charge is 0.354 e. The summed E-state index contributed by atoms with van der Waals surface area (Å²) < 4.78 is 0. The maximum Gasteiger partial charge on any atom is 0.223 e. The van der Waals surface area contributed by atoms with Crippen molar-refractivity contribution >= 4 is 5.95 Å². The quantitative estimate of drug-likeness (QED) is 0.772. The molecule has 1 saturated heterocycles. The van der Waals surface area contributed by atoms with E-state index in [1.54, 1.807) is 12.3 Å². The number of nitriles is 1. The maximum absolute atomic E-state index is 8.70. The van der Waals surface area contributed by atoms with Crippen LogP contribution in [-0.2, 0) is 0 Å². The molecular formula is C12H17N5. The third-order valence-corrected chi connectivity index (χ3v) is 2.90. The van der Waals surface area contributed by atoms with Gasteiger partial charge in [-0.25, -0.2) is 9.97 Å². The third kappa shape index (κ3) is 3.68. The van der Waals surface area contributed by atoms with E-state index in [1.807, 2.05) is 6.07 Å². The van der Waals surface area contributed by atoms with Crippen LogP contribution >= 0.6 is 0 Å². The van der Waals surface area contributed by atoms with Crippen LogP contribution in [0.5, 0.6) is 0 Å². The van der Waals surface area contributed by atoms with Crippen LogP contribution in [0.3, 0.4) is 0 Å². The molecule has 1 aliphatic heterocycles. The summed E-state index contributed by atoms with van der Waals surface area (Å²) in [6.07, 6.45) is 5.36. The Bertz CT molecular complexity index is 392. The van der Waals surface area contributed by atoms with Gasteiger partial charge in [-0.2, -0.15) is 5.26 Å². The minimum Gasteiger partial charge on any atom is -0.354 e. The molecule has 0 spiro atoms. The molecular weight excluding hydrogens is 214 g/mol. The average Bonchev–Trinajstić information content (AvgIpc) is 2.88. The van der Waals surface area contributed by atoms with Gasteiger partial charge in [0.15, 0.2) is 0 Å². The summed E-state index contributed by atoms with van der Waals surface area (Å²) in [5.74, 6) is 0.547.